The van der Waals surface area contributed by atoms with Crippen molar-refractivity contribution >= 4 is 11.5 Å². The van der Waals surface area contributed by atoms with Gasteiger partial charge in [-0.1, -0.05) is 17.7 Å². The van der Waals surface area contributed by atoms with E-state index in [9.17, 15) is 13.6 Å². The van der Waals surface area contributed by atoms with E-state index >= 15 is 0 Å². The van der Waals surface area contributed by atoms with Gasteiger partial charge in [0.05, 0.1) is 5.69 Å². The van der Waals surface area contributed by atoms with Crippen LogP contribution < -0.4 is 5.32 Å². The lowest BCUT2D eigenvalue weighted by molar-refractivity contribution is 0.0915. The predicted molar refractivity (Wildman–Crippen MR) is 114 cm³/mol. The molecule has 2 aliphatic rings. The summed E-state index contributed by atoms with van der Waals surface area (Å²) in [6.45, 7) is 4.53. The number of carbonyl (C=O) groups is 1. The number of halogens is 2. The lowest BCUT2D eigenvalue weighted by Crippen LogP contribution is -2.42. The summed E-state index contributed by atoms with van der Waals surface area (Å²) in [7, 11) is 1.77. The van der Waals surface area contributed by atoms with Crippen molar-refractivity contribution in [2.75, 3.05) is 13.1 Å². The van der Waals surface area contributed by atoms with Gasteiger partial charge in [0.25, 0.3) is 5.91 Å². The van der Waals surface area contributed by atoms with Crippen LogP contribution in [0, 0.1) is 0 Å². The molecule has 162 valence electrons. The first kappa shape index (κ1) is 21.1. The number of carbonyl (C=O) groups excluding carboxylic acids is 1. The minimum absolute atomic E-state index is 0.136. The number of amides is 1. The van der Waals surface area contributed by atoms with Gasteiger partial charge in [-0.15, -0.1) is 0 Å². The van der Waals surface area contributed by atoms with Crippen molar-refractivity contribution < 1.29 is 13.6 Å². The van der Waals surface area contributed by atoms with Gasteiger partial charge in [0, 0.05) is 39.1 Å². The van der Waals surface area contributed by atoms with Crippen LogP contribution in [-0.2, 0) is 13.6 Å². The molecule has 2 atom stereocenters. The molecule has 0 spiro atoms. The average Bonchev–Trinajstić information content (AvgIpc) is 3.14. The van der Waals surface area contributed by atoms with Crippen LogP contribution in [0.15, 0.2) is 60.2 Å². The number of nitrogens with zero attached hydrogens (tertiary/aromatic N) is 4. The molecule has 0 bridgehead atoms. The normalized spacial score (nSPS) is 21.9. The smallest absolute Gasteiger partial charge is 0.272 e. The molecule has 8 heteroatoms. The van der Waals surface area contributed by atoms with Crippen LogP contribution in [0.1, 0.15) is 35.1 Å². The van der Waals surface area contributed by atoms with E-state index in [-0.39, 0.29) is 5.69 Å². The molecule has 31 heavy (non-hydrogen) atoms. The van der Waals surface area contributed by atoms with Crippen molar-refractivity contribution in [3.8, 4) is 0 Å². The molecular formula is C23H25F2N5O. The second-order valence-corrected chi connectivity index (χ2v) is 7.95. The van der Waals surface area contributed by atoms with Crippen molar-refractivity contribution in [1.29, 1.82) is 0 Å². The highest BCUT2D eigenvalue weighted by Crippen LogP contribution is 2.28. The summed E-state index contributed by atoms with van der Waals surface area (Å²) in [5, 5.41) is 6.72. The molecule has 2 unspecified atom stereocenters. The maximum Gasteiger partial charge on any atom is 0.272 e. The zero-order valence-electron chi connectivity index (χ0n) is 17.6. The summed E-state index contributed by atoms with van der Waals surface area (Å²) in [6, 6.07) is 4.34. The molecule has 6 nitrogen and oxygen atoms in total. The quantitative estimate of drug-likeness (QED) is 0.798. The number of aromatic nitrogens is 3. The highest BCUT2D eigenvalue weighted by atomic mass is 19.1. The number of allylic oxidation sites excluding steroid dienone is 2. The lowest BCUT2D eigenvalue weighted by atomic mass is 9.98. The highest BCUT2D eigenvalue weighted by molar-refractivity contribution is 5.93. The minimum Gasteiger partial charge on any atom is -0.338 e. The van der Waals surface area contributed by atoms with Crippen molar-refractivity contribution in [3.63, 3.8) is 0 Å². The van der Waals surface area contributed by atoms with Gasteiger partial charge in [0.2, 0.25) is 0 Å². The minimum atomic E-state index is -1.61. The van der Waals surface area contributed by atoms with E-state index in [1.807, 2.05) is 12.3 Å². The van der Waals surface area contributed by atoms with E-state index in [0.717, 1.165) is 49.0 Å². The number of nitrogens with one attached hydrogen (secondary N) is 1. The molecule has 1 aliphatic heterocycles. The maximum absolute atomic E-state index is 14.0. The Balaban J connectivity index is 1.50. The predicted octanol–water partition coefficient (Wildman–Crippen LogP) is 3.35. The number of hydrogen-bond donors (Lipinski definition) is 1. The third-order valence-electron chi connectivity index (χ3n) is 5.70. The molecule has 2 aromatic rings. The first-order valence-electron chi connectivity index (χ1n) is 10.3. The van der Waals surface area contributed by atoms with Gasteiger partial charge >= 0.3 is 0 Å². The fourth-order valence-electron chi connectivity index (χ4n) is 3.94. The summed E-state index contributed by atoms with van der Waals surface area (Å²) in [5.41, 5.74) is 4.46. The fraction of sp³-hybridized carbons (Fsp3) is 0.348. The molecule has 1 aliphatic carbocycles. The van der Waals surface area contributed by atoms with E-state index < -0.39 is 23.9 Å². The molecular weight excluding hydrogens is 400 g/mol. The Morgan fingerprint density at radius 2 is 2.23 bits per heavy atom. The summed E-state index contributed by atoms with van der Waals surface area (Å²) in [4.78, 5) is 19.1. The van der Waals surface area contributed by atoms with Gasteiger partial charge in [-0.3, -0.25) is 19.4 Å². The Morgan fingerprint density at radius 3 is 2.97 bits per heavy atom. The SMILES string of the molecule is CC1=C(c2cc(C(=O)NC3C(F)=CC=CC3F)nn2C)CN(Cc2cccnc2)CC1. The number of alkyl halides is 1. The number of pyridine rings is 1. The van der Waals surface area contributed by atoms with Crippen LogP contribution >= 0.6 is 0 Å². The van der Waals surface area contributed by atoms with E-state index in [4.69, 9.17) is 0 Å². The van der Waals surface area contributed by atoms with Crippen LogP contribution in [0.3, 0.4) is 0 Å². The Bertz CT molecular complexity index is 1060. The molecule has 3 heterocycles. The van der Waals surface area contributed by atoms with Gasteiger partial charge in [0.1, 0.15) is 18.0 Å². The van der Waals surface area contributed by atoms with E-state index in [1.165, 1.54) is 17.7 Å². The third-order valence-corrected chi connectivity index (χ3v) is 5.70. The van der Waals surface area contributed by atoms with Crippen LogP contribution in [-0.4, -0.2) is 50.9 Å². The van der Waals surface area contributed by atoms with Gasteiger partial charge in [-0.05, 0) is 48.8 Å². The third kappa shape index (κ3) is 4.64. The van der Waals surface area contributed by atoms with Gasteiger partial charge in [-0.2, -0.15) is 5.10 Å². The molecule has 1 N–H and O–H groups in total. The fourth-order valence-corrected chi connectivity index (χ4v) is 3.94. The molecule has 1 amide bonds. The Hall–Kier alpha value is -3.13. The van der Waals surface area contributed by atoms with Gasteiger partial charge < -0.3 is 5.32 Å². The van der Waals surface area contributed by atoms with Crippen molar-refractivity contribution in [2.24, 2.45) is 7.05 Å². The number of aryl methyl sites for hydroxylation is 1. The summed E-state index contributed by atoms with van der Waals surface area (Å²) < 4.78 is 29.6. The second-order valence-electron chi connectivity index (χ2n) is 7.95. The molecule has 0 saturated heterocycles. The zero-order valence-corrected chi connectivity index (χ0v) is 17.6. The number of hydrogen-bond acceptors (Lipinski definition) is 4. The average molecular weight is 425 g/mol. The van der Waals surface area contributed by atoms with Crippen molar-refractivity contribution in [3.05, 3.63) is 77.2 Å². The molecule has 0 aromatic carbocycles. The molecule has 4 rings (SSSR count). The topological polar surface area (TPSA) is 63.1 Å². The monoisotopic (exact) mass is 425 g/mol. The first-order valence-corrected chi connectivity index (χ1v) is 10.3. The van der Waals surface area contributed by atoms with E-state index in [0.29, 0.717) is 0 Å². The van der Waals surface area contributed by atoms with E-state index in [1.54, 1.807) is 24.0 Å². The standard InChI is InChI=1S/C23H25F2N5O/c1-15-8-10-30(13-16-5-4-9-26-12-16)14-17(15)21-11-20(28-29(21)2)23(31)27-22-18(24)6-3-7-19(22)25/h3-7,9,11-12,18,22H,8,10,13-14H2,1-2H3,(H,27,31). The van der Waals surface area contributed by atoms with Crippen LogP contribution in [0.4, 0.5) is 8.78 Å². The van der Waals surface area contributed by atoms with Gasteiger partial charge in [-0.25, -0.2) is 8.78 Å². The molecule has 0 radical (unpaired) electrons. The Morgan fingerprint density at radius 1 is 1.39 bits per heavy atom. The largest absolute Gasteiger partial charge is 0.338 e. The van der Waals surface area contributed by atoms with Crippen LogP contribution in [0.25, 0.3) is 5.57 Å². The maximum atomic E-state index is 14.0. The summed E-state index contributed by atoms with van der Waals surface area (Å²) >= 11 is 0. The van der Waals surface area contributed by atoms with Gasteiger partial charge in [0.15, 0.2) is 5.69 Å². The molecule has 0 fully saturated rings. The number of rotatable bonds is 5. The van der Waals surface area contributed by atoms with E-state index in [2.05, 4.69) is 33.3 Å². The summed E-state index contributed by atoms with van der Waals surface area (Å²) in [5.74, 6) is -1.31. The molecule has 2 aromatic heterocycles. The Kier molecular flexibility index (Phi) is 6.08. The van der Waals surface area contributed by atoms with Crippen molar-refractivity contribution in [2.45, 2.75) is 32.1 Å². The Labute approximate surface area is 180 Å². The van der Waals surface area contributed by atoms with Crippen molar-refractivity contribution in [1.82, 2.24) is 25.0 Å². The lowest BCUT2D eigenvalue weighted by Gasteiger charge is -2.30. The first-order chi connectivity index (χ1) is 14.9. The molecule has 0 saturated carbocycles. The summed E-state index contributed by atoms with van der Waals surface area (Å²) in [6.07, 6.45) is 6.59. The van der Waals surface area contributed by atoms with Crippen LogP contribution in [0.2, 0.25) is 0 Å². The highest BCUT2D eigenvalue weighted by Gasteiger charge is 2.29. The zero-order chi connectivity index (χ0) is 22.0. The second kappa shape index (κ2) is 8.93. The van der Waals surface area contributed by atoms with Crippen LogP contribution in [0.5, 0.6) is 0 Å².